The molecule has 4 nitrogen and oxygen atoms in total. The summed E-state index contributed by atoms with van der Waals surface area (Å²) in [5.41, 5.74) is 0. The monoisotopic (exact) mass is 186 g/mol. The van der Waals surface area contributed by atoms with Crippen molar-refractivity contribution in [2.75, 3.05) is 0 Å². The van der Waals surface area contributed by atoms with Crippen molar-refractivity contribution in [1.29, 1.82) is 0 Å². The smallest absolute Gasteiger partial charge is 0.306 e. The van der Waals surface area contributed by atoms with Crippen LogP contribution < -0.4 is 0 Å². The molecule has 0 aromatic heterocycles. The van der Waals surface area contributed by atoms with Crippen LogP contribution in [0.15, 0.2) is 0 Å². The van der Waals surface area contributed by atoms with Crippen LogP contribution in [-0.2, 0) is 9.59 Å². The van der Waals surface area contributed by atoms with Crippen molar-refractivity contribution in [3.8, 4) is 0 Å². The average molecular weight is 186 g/mol. The zero-order chi connectivity index (χ0) is 10.0. The summed E-state index contributed by atoms with van der Waals surface area (Å²) >= 11 is 0. The molecule has 0 aromatic rings. The fourth-order valence-electron chi connectivity index (χ4n) is 1.89. The molecule has 0 bridgehead atoms. The Hall–Kier alpha value is -1.06. The van der Waals surface area contributed by atoms with E-state index in [-0.39, 0.29) is 12.3 Å². The zero-order valence-electron chi connectivity index (χ0n) is 7.56. The molecule has 0 aromatic carbocycles. The Labute approximate surface area is 76.6 Å². The number of hydrogen-bond donors (Lipinski definition) is 2. The largest absolute Gasteiger partial charge is 0.481 e. The van der Waals surface area contributed by atoms with Gasteiger partial charge in [0.25, 0.3) is 0 Å². The number of rotatable bonds is 2. The fourth-order valence-corrected chi connectivity index (χ4v) is 1.89. The van der Waals surface area contributed by atoms with E-state index < -0.39 is 23.8 Å². The maximum atomic E-state index is 10.7. The Kier molecular flexibility index (Phi) is 2.90. The third-order valence-electron chi connectivity index (χ3n) is 2.86. The molecule has 0 unspecified atom stereocenters. The second-order valence-electron chi connectivity index (χ2n) is 3.77. The first-order valence-corrected chi connectivity index (χ1v) is 4.48. The van der Waals surface area contributed by atoms with Crippen molar-refractivity contribution in [3.63, 3.8) is 0 Å². The average Bonchev–Trinajstić information content (AvgIpc) is 2.04. The molecule has 1 fully saturated rings. The van der Waals surface area contributed by atoms with Gasteiger partial charge in [-0.3, -0.25) is 9.59 Å². The highest BCUT2D eigenvalue weighted by molar-refractivity contribution is 5.74. The van der Waals surface area contributed by atoms with E-state index >= 15 is 0 Å². The van der Waals surface area contributed by atoms with Gasteiger partial charge in [-0.25, -0.2) is 0 Å². The van der Waals surface area contributed by atoms with Crippen LogP contribution in [0.3, 0.4) is 0 Å². The third kappa shape index (κ3) is 2.20. The predicted octanol–water partition coefficient (Wildman–Crippen LogP) is 1.21. The summed E-state index contributed by atoms with van der Waals surface area (Å²) in [7, 11) is 0. The molecule has 13 heavy (non-hydrogen) atoms. The van der Waals surface area contributed by atoms with E-state index in [0.717, 1.165) is 0 Å². The highest BCUT2D eigenvalue weighted by Gasteiger charge is 2.35. The highest BCUT2D eigenvalue weighted by Crippen LogP contribution is 2.33. The molecule has 1 aliphatic rings. The second kappa shape index (κ2) is 3.77. The van der Waals surface area contributed by atoms with Crippen LogP contribution in [0.4, 0.5) is 0 Å². The van der Waals surface area contributed by atoms with Crippen LogP contribution in [-0.4, -0.2) is 22.2 Å². The number of carboxylic acids is 2. The summed E-state index contributed by atoms with van der Waals surface area (Å²) in [6, 6.07) is 0. The Morgan fingerprint density at radius 3 is 2.23 bits per heavy atom. The predicted molar refractivity (Wildman–Crippen MR) is 45.3 cm³/mol. The van der Waals surface area contributed by atoms with Crippen molar-refractivity contribution < 1.29 is 19.8 Å². The topological polar surface area (TPSA) is 74.6 Å². The van der Waals surface area contributed by atoms with Gasteiger partial charge in [0.2, 0.25) is 0 Å². The molecule has 0 amide bonds. The first-order valence-electron chi connectivity index (χ1n) is 4.48. The number of carbonyl (C=O) groups is 2. The SMILES string of the molecule is C[C@H]1CC[C@@H](C(=O)O)C[C@H]1C(=O)O. The van der Waals surface area contributed by atoms with Crippen molar-refractivity contribution in [3.05, 3.63) is 0 Å². The fraction of sp³-hybridized carbons (Fsp3) is 0.778. The van der Waals surface area contributed by atoms with Gasteiger partial charge < -0.3 is 10.2 Å². The van der Waals surface area contributed by atoms with Crippen LogP contribution in [0, 0.1) is 17.8 Å². The standard InChI is InChI=1S/C9H14O4/c1-5-2-3-6(8(10)11)4-7(5)9(12)13/h5-7H,2-4H2,1H3,(H,10,11)(H,12,13)/t5-,6+,7+/m0/s1. The zero-order valence-corrected chi connectivity index (χ0v) is 7.56. The van der Waals surface area contributed by atoms with Crippen molar-refractivity contribution in [2.45, 2.75) is 26.2 Å². The van der Waals surface area contributed by atoms with E-state index in [2.05, 4.69) is 0 Å². The molecular weight excluding hydrogens is 172 g/mol. The minimum absolute atomic E-state index is 0.105. The molecule has 1 aliphatic carbocycles. The van der Waals surface area contributed by atoms with Crippen molar-refractivity contribution >= 4 is 11.9 Å². The molecule has 0 radical (unpaired) electrons. The molecule has 4 heteroatoms. The Morgan fingerprint density at radius 1 is 1.15 bits per heavy atom. The molecular formula is C9H14O4. The quantitative estimate of drug-likeness (QED) is 0.679. The van der Waals surface area contributed by atoms with Gasteiger partial charge in [0.05, 0.1) is 11.8 Å². The maximum absolute atomic E-state index is 10.7. The summed E-state index contributed by atoms with van der Waals surface area (Å²) in [5, 5.41) is 17.5. The molecule has 1 saturated carbocycles. The maximum Gasteiger partial charge on any atom is 0.306 e. The Balaban J connectivity index is 2.63. The van der Waals surface area contributed by atoms with E-state index in [1.54, 1.807) is 0 Å². The van der Waals surface area contributed by atoms with Crippen LogP contribution in [0.5, 0.6) is 0 Å². The van der Waals surface area contributed by atoms with E-state index in [1.807, 2.05) is 6.92 Å². The first-order chi connectivity index (χ1) is 6.02. The van der Waals surface area contributed by atoms with Gasteiger partial charge >= 0.3 is 11.9 Å². The number of aliphatic carboxylic acids is 2. The summed E-state index contributed by atoms with van der Waals surface area (Å²) in [4.78, 5) is 21.4. The molecule has 0 spiro atoms. The normalized spacial score (nSPS) is 34.1. The molecule has 2 N–H and O–H groups in total. The third-order valence-corrected chi connectivity index (χ3v) is 2.86. The van der Waals surface area contributed by atoms with Gasteiger partial charge in [-0.1, -0.05) is 6.92 Å². The first kappa shape index (κ1) is 10.0. The molecule has 3 atom stereocenters. The number of carboxylic acid groups (broad SMARTS) is 2. The minimum atomic E-state index is -0.863. The van der Waals surface area contributed by atoms with Gasteiger partial charge in [0.1, 0.15) is 0 Å². The summed E-state index contributed by atoms with van der Waals surface area (Å²) in [5.74, 6) is -2.56. The van der Waals surface area contributed by atoms with Crippen LogP contribution in [0.2, 0.25) is 0 Å². The van der Waals surface area contributed by atoms with Crippen molar-refractivity contribution in [1.82, 2.24) is 0 Å². The minimum Gasteiger partial charge on any atom is -0.481 e. The van der Waals surface area contributed by atoms with E-state index in [0.29, 0.717) is 12.8 Å². The Bertz CT molecular complexity index is 224. The van der Waals surface area contributed by atoms with Crippen LogP contribution in [0.25, 0.3) is 0 Å². The van der Waals surface area contributed by atoms with E-state index in [4.69, 9.17) is 10.2 Å². The van der Waals surface area contributed by atoms with Crippen LogP contribution >= 0.6 is 0 Å². The van der Waals surface area contributed by atoms with Gasteiger partial charge in [-0.05, 0) is 25.2 Å². The lowest BCUT2D eigenvalue weighted by molar-refractivity contribution is -0.149. The van der Waals surface area contributed by atoms with E-state index in [1.165, 1.54) is 0 Å². The van der Waals surface area contributed by atoms with Crippen LogP contribution in [0.1, 0.15) is 26.2 Å². The molecule has 0 aliphatic heterocycles. The Morgan fingerprint density at radius 2 is 1.77 bits per heavy atom. The van der Waals surface area contributed by atoms with Gasteiger partial charge in [-0.15, -0.1) is 0 Å². The molecule has 0 heterocycles. The van der Waals surface area contributed by atoms with E-state index in [9.17, 15) is 9.59 Å². The summed E-state index contributed by atoms with van der Waals surface area (Å²) in [6.45, 7) is 1.87. The number of hydrogen-bond acceptors (Lipinski definition) is 2. The summed E-state index contributed by atoms with van der Waals surface area (Å²) in [6.07, 6.45) is 1.60. The van der Waals surface area contributed by atoms with Gasteiger partial charge in [0.15, 0.2) is 0 Å². The lowest BCUT2D eigenvalue weighted by Gasteiger charge is -2.29. The second-order valence-corrected chi connectivity index (χ2v) is 3.77. The van der Waals surface area contributed by atoms with Gasteiger partial charge in [0, 0.05) is 0 Å². The van der Waals surface area contributed by atoms with Crippen molar-refractivity contribution in [2.24, 2.45) is 17.8 Å². The molecule has 1 rings (SSSR count). The lowest BCUT2D eigenvalue weighted by Crippen LogP contribution is -2.32. The molecule has 0 saturated heterocycles. The molecule has 74 valence electrons. The lowest BCUT2D eigenvalue weighted by atomic mass is 9.75. The highest BCUT2D eigenvalue weighted by atomic mass is 16.4. The summed E-state index contributed by atoms with van der Waals surface area (Å²) < 4.78 is 0. The van der Waals surface area contributed by atoms with Gasteiger partial charge in [-0.2, -0.15) is 0 Å².